The number of hydrogen-bond acceptors (Lipinski definition) is 0. The van der Waals surface area contributed by atoms with Crippen molar-refractivity contribution in [1.29, 1.82) is 0 Å². The van der Waals surface area contributed by atoms with Crippen molar-refractivity contribution in [1.82, 2.24) is 0 Å². The summed E-state index contributed by atoms with van der Waals surface area (Å²) in [6, 6.07) is 0. The minimum atomic E-state index is 0. The Balaban J connectivity index is 0. The van der Waals surface area contributed by atoms with Gasteiger partial charge in [0.2, 0.25) is 0 Å². The van der Waals surface area contributed by atoms with Gasteiger partial charge in [-0.15, -0.1) is 0 Å². The van der Waals surface area contributed by atoms with Crippen molar-refractivity contribution in [2.45, 2.75) is 22.6 Å². The molecule has 3 radical (unpaired) electrons. The molecule has 0 aromatic rings. The summed E-state index contributed by atoms with van der Waals surface area (Å²) in [5.74, 6) is 0. The molecular formula is C4H11BSb. The van der Waals surface area contributed by atoms with Crippen LogP contribution < -0.4 is 0 Å². The second kappa shape index (κ2) is 9.30. The van der Waals surface area contributed by atoms with E-state index in [4.69, 9.17) is 0 Å². The Hall–Kier alpha value is 0.883. The van der Waals surface area contributed by atoms with Crippen molar-refractivity contribution in [3.05, 3.63) is 0 Å². The van der Waals surface area contributed by atoms with Gasteiger partial charge < -0.3 is 0 Å². The first-order valence-corrected chi connectivity index (χ1v) is 6.16. The Bertz CT molecular complexity index is 15.0. The van der Waals surface area contributed by atoms with E-state index in [1.807, 2.05) is 0 Å². The van der Waals surface area contributed by atoms with Crippen LogP contribution in [-0.4, -0.2) is 30.0 Å². The van der Waals surface area contributed by atoms with Crippen molar-refractivity contribution >= 4 is 30.0 Å². The Morgan fingerprint density at radius 2 is 1.50 bits per heavy atom. The van der Waals surface area contributed by atoms with Crippen LogP contribution in [0.4, 0.5) is 0 Å². The predicted octanol–water partition coefficient (Wildman–Crippen LogP) is 0.918. The third-order valence-electron chi connectivity index (χ3n) is 0.500. The molecule has 0 spiro atoms. The normalized spacial score (nSPS) is 7.00. The quantitative estimate of drug-likeness (QED) is 0.570. The first-order valence-electron chi connectivity index (χ1n) is 2.12. The van der Waals surface area contributed by atoms with Crippen molar-refractivity contribution in [2.75, 3.05) is 0 Å². The minimum absolute atomic E-state index is 0. The maximum absolute atomic E-state index is 2.29. The van der Waals surface area contributed by atoms with Crippen LogP contribution in [0.1, 0.15) is 13.8 Å². The average molecular weight is 192 g/mol. The smallest absolute Gasteiger partial charge is 0 e. The maximum atomic E-state index is 2.29. The number of rotatable bonds is 2. The van der Waals surface area contributed by atoms with Gasteiger partial charge in [-0.2, -0.15) is 0 Å². The topological polar surface area (TPSA) is 0 Å². The fourth-order valence-electron chi connectivity index (χ4n) is 0.250. The van der Waals surface area contributed by atoms with Crippen molar-refractivity contribution in [2.24, 2.45) is 0 Å². The average Bonchev–Trinajstić information content (AvgIpc) is 1.41. The van der Waals surface area contributed by atoms with E-state index in [2.05, 4.69) is 13.8 Å². The molecule has 0 saturated carbocycles. The molecule has 0 aliphatic rings. The van der Waals surface area contributed by atoms with Gasteiger partial charge in [-0.25, -0.2) is 0 Å². The van der Waals surface area contributed by atoms with Crippen LogP contribution in [-0.2, 0) is 0 Å². The fraction of sp³-hybridized carbons (Fsp3) is 1.00. The molecule has 0 aliphatic heterocycles. The van der Waals surface area contributed by atoms with Crippen molar-refractivity contribution in [3.63, 3.8) is 0 Å². The Labute approximate surface area is 52.8 Å². The van der Waals surface area contributed by atoms with E-state index >= 15 is 0 Å². The van der Waals surface area contributed by atoms with Crippen LogP contribution in [0.5, 0.6) is 0 Å². The molecule has 0 nitrogen and oxygen atoms in total. The second-order valence-corrected chi connectivity index (χ2v) is 6.42. The van der Waals surface area contributed by atoms with Gasteiger partial charge in [0.25, 0.3) is 0 Å². The Morgan fingerprint density at radius 3 is 1.50 bits per heavy atom. The summed E-state index contributed by atoms with van der Waals surface area (Å²) in [6.07, 6.45) is 0. The summed E-state index contributed by atoms with van der Waals surface area (Å²) in [7, 11) is 0. The van der Waals surface area contributed by atoms with Gasteiger partial charge in [-0.1, -0.05) is 0 Å². The van der Waals surface area contributed by atoms with Gasteiger partial charge in [-0.05, 0) is 0 Å². The van der Waals surface area contributed by atoms with E-state index in [1.54, 1.807) is 0 Å². The molecule has 0 heterocycles. The molecule has 0 fully saturated rings. The molecule has 0 atom stereocenters. The van der Waals surface area contributed by atoms with Crippen molar-refractivity contribution in [3.8, 4) is 0 Å². The molecule has 0 aliphatic carbocycles. The molecule has 35 valence electrons. The van der Waals surface area contributed by atoms with Gasteiger partial charge in [-0.3, -0.25) is 0 Å². The Kier molecular flexibility index (Phi) is 15.5. The van der Waals surface area contributed by atoms with Crippen LogP contribution in [0.15, 0.2) is 0 Å². The molecule has 0 amide bonds. The predicted molar refractivity (Wildman–Crippen MR) is 33.9 cm³/mol. The molecule has 0 saturated heterocycles. The molecule has 0 aromatic heterocycles. The zero-order chi connectivity index (χ0) is 4.12. The zero-order valence-electron chi connectivity index (χ0n) is 4.49. The minimum Gasteiger partial charge on any atom is 0 e. The van der Waals surface area contributed by atoms with Crippen LogP contribution in [0, 0.1) is 0 Å². The van der Waals surface area contributed by atoms with E-state index in [-0.39, 0.29) is 30.0 Å². The van der Waals surface area contributed by atoms with E-state index in [1.165, 1.54) is 8.73 Å². The third kappa shape index (κ3) is 8.86. The second-order valence-electron chi connectivity index (χ2n) is 0.957. The fourth-order valence-corrected chi connectivity index (χ4v) is 1.68. The molecule has 0 unspecified atom stereocenters. The van der Waals surface area contributed by atoms with E-state index in [0.717, 1.165) is 0 Å². The van der Waals surface area contributed by atoms with Gasteiger partial charge in [0.1, 0.15) is 0 Å². The van der Waals surface area contributed by atoms with Crippen LogP contribution in [0.2, 0.25) is 8.73 Å². The standard InChI is InChI=1S/2C2H5.B.Sb.H/c2*1-2;;;/h2*1H2,2H3;;;. The summed E-state index contributed by atoms with van der Waals surface area (Å²) in [5, 5.41) is 0. The monoisotopic (exact) mass is 191 g/mol. The molecular weight excluding hydrogens is 181 g/mol. The summed E-state index contributed by atoms with van der Waals surface area (Å²) in [4.78, 5) is 0. The first kappa shape index (κ1) is 9.99. The molecule has 0 N–H and O–H groups in total. The van der Waals surface area contributed by atoms with Crippen LogP contribution in [0.25, 0.3) is 0 Å². The van der Waals surface area contributed by atoms with Gasteiger partial charge in [0.05, 0.1) is 0 Å². The number of hydrogen-bond donors (Lipinski definition) is 0. The van der Waals surface area contributed by atoms with Crippen molar-refractivity contribution < 1.29 is 0 Å². The molecule has 2 heteroatoms. The molecule has 6 heavy (non-hydrogen) atoms. The molecule has 0 bridgehead atoms. The van der Waals surface area contributed by atoms with Crippen LogP contribution in [0.3, 0.4) is 0 Å². The summed E-state index contributed by atoms with van der Waals surface area (Å²) in [5.41, 5.74) is 0. The van der Waals surface area contributed by atoms with E-state index in [9.17, 15) is 0 Å². The Morgan fingerprint density at radius 1 is 1.17 bits per heavy atom. The maximum Gasteiger partial charge on any atom is 0 e. The molecule has 0 aromatic carbocycles. The molecule has 0 rings (SSSR count). The third-order valence-corrected chi connectivity index (χ3v) is 3.35. The van der Waals surface area contributed by atoms with Gasteiger partial charge in [0, 0.05) is 8.41 Å². The van der Waals surface area contributed by atoms with Crippen LogP contribution >= 0.6 is 0 Å². The summed E-state index contributed by atoms with van der Waals surface area (Å²) < 4.78 is 3.03. The largest absolute Gasteiger partial charge is 0 e. The van der Waals surface area contributed by atoms with Gasteiger partial charge in [0.15, 0.2) is 0 Å². The SMILES string of the molecule is C[CH2][SbH][CH2]C.[B]. The van der Waals surface area contributed by atoms with Gasteiger partial charge >= 0.3 is 44.2 Å². The summed E-state index contributed by atoms with van der Waals surface area (Å²) in [6.45, 7) is 4.57. The first-order chi connectivity index (χ1) is 2.41. The van der Waals surface area contributed by atoms with E-state index < -0.39 is 0 Å². The zero-order valence-corrected chi connectivity index (χ0v) is 7.35. The van der Waals surface area contributed by atoms with E-state index in [0.29, 0.717) is 0 Å². The summed E-state index contributed by atoms with van der Waals surface area (Å²) >= 11 is 0.218.